The van der Waals surface area contributed by atoms with Crippen LogP contribution in [0.1, 0.15) is 16.7 Å². The predicted molar refractivity (Wildman–Crippen MR) is 117 cm³/mol. The van der Waals surface area contributed by atoms with E-state index in [0.29, 0.717) is 11.3 Å². The molecule has 0 aromatic heterocycles. The first kappa shape index (κ1) is 24.3. The van der Waals surface area contributed by atoms with E-state index in [4.69, 9.17) is 9.47 Å². The molecule has 3 aromatic carbocycles. The summed E-state index contributed by atoms with van der Waals surface area (Å²) in [6.07, 6.45) is -3.50. The third-order valence-electron chi connectivity index (χ3n) is 4.67. The van der Waals surface area contributed by atoms with Crippen LogP contribution in [0.5, 0.6) is 11.5 Å². The van der Waals surface area contributed by atoms with Crippen molar-refractivity contribution in [3.8, 4) is 17.6 Å². The number of nitrogens with zero attached hydrogens (tertiary/aromatic N) is 1. The van der Waals surface area contributed by atoms with Gasteiger partial charge in [-0.15, -0.1) is 0 Å². The fraction of sp³-hybridized carbons (Fsp3) is 0.120. The van der Waals surface area contributed by atoms with E-state index in [1.54, 1.807) is 24.3 Å². The molecular weight excluding hydrogens is 452 g/mol. The highest BCUT2D eigenvalue weighted by Gasteiger charge is 2.33. The molecule has 3 rings (SSSR count). The van der Waals surface area contributed by atoms with Crippen LogP contribution in [0.3, 0.4) is 0 Å². The third kappa shape index (κ3) is 5.92. The van der Waals surface area contributed by atoms with Crippen LogP contribution >= 0.6 is 0 Å². The number of nitriles is 1. The number of carbonyl (C=O) groups is 1. The van der Waals surface area contributed by atoms with E-state index in [-0.39, 0.29) is 17.9 Å². The third-order valence-corrected chi connectivity index (χ3v) is 4.67. The summed E-state index contributed by atoms with van der Waals surface area (Å²) in [5.41, 5.74) is -1.01. The van der Waals surface area contributed by atoms with Gasteiger partial charge in [0.15, 0.2) is 11.5 Å². The molecule has 9 heteroatoms. The number of anilines is 1. The van der Waals surface area contributed by atoms with E-state index in [0.717, 1.165) is 12.1 Å². The Bertz CT molecular complexity index is 1250. The number of methoxy groups -OCH3 is 1. The Morgan fingerprint density at radius 1 is 1.06 bits per heavy atom. The van der Waals surface area contributed by atoms with Gasteiger partial charge in [-0.25, -0.2) is 4.39 Å². The Labute approximate surface area is 192 Å². The number of rotatable bonds is 7. The van der Waals surface area contributed by atoms with Crippen LogP contribution in [0.15, 0.2) is 72.3 Å². The number of halogens is 4. The van der Waals surface area contributed by atoms with Crippen molar-refractivity contribution in [2.24, 2.45) is 0 Å². The van der Waals surface area contributed by atoms with Gasteiger partial charge in [0, 0.05) is 5.56 Å². The normalized spacial score (nSPS) is 11.5. The molecule has 0 saturated carbocycles. The highest BCUT2D eigenvalue weighted by atomic mass is 19.4. The Kier molecular flexibility index (Phi) is 7.53. The summed E-state index contributed by atoms with van der Waals surface area (Å²) in [4.78, 5) is 12.6. The molecule has 0 bridgehead atoms. The van der Waals surface area contributed by atoms with Gasteiger partial charge in [0.05, 0.1) is 18.4 Å². The van der Waals surface area contributed by atoms with Crippen molar-refractivity contribution in [2.75, 3.05) is 12.4 Å². The second-order valence-electron chi connectivity index (χ2n) is 6.96. The highest BCUT2D eigenvalue weighted by Crippen LogP contribution is 2.36. The molecule has 0 fully saturated rings. The molecule has 5 nitrogen and oxygen atoms in total. The molecule has 174 valence electrons. The molecule has 0 aliphatic rings. The van der Waals surface area contributed by atoms with Crippen molar-refractivity contribution >= 4 is 17.7 Å². The number of hydrogen-bond donors (Lipinski definition) is 1. The Morgan fingerprint density at radius 2 is 1.76 bits per heavy atom. The standard InChI is InChI=1S/C25H18F4N2O3/c1-33-22-8-4-5-17(23(22)34-15-16-9-11-19(26)12-10-16)13-18(14-30)24(32)31-21-7-3-2-6-20(21)25(27,28)29/h2-13H,15H2,1H3,(H,31,32)/b18-13+. The first-order valence-electron chi connectivity index (χ1n) is 9.86. The summed E-state index contributed by atoms with van der Waals surface area (Å²) in [5, 5.41) is 11.6. The second-order valence-corrected chi connectivity index (χ2v) is 6.96. The van der Waals surface area contributed by atoms with E-state index in [1.807, 2.05) is 0 Å². The lowest BCUT2D eigenvalue weighted by Gasteiger charge is -2.15. The second kappa shape index (κ2) is 10.5. The fourth-order valence-electron chi connectivity index (χ4n) is 3.03. The molecule has 0 atom stereocenters. The smallest absolute Gasteiger partial charge is 0.418 e. The molecule has 0 aliphatic heterocycles. The first-order valence-corrected chi connectivity index (χ1v) is 9.86. The zero-order valence-corrected chi connectivity index (χ0v) is 17.8. The lowest BCUT2D eigenvalue weighted by molar-refractivity contribution is -0.137. The molecule has 0 unspecified atom stereocenters. The molecule has 0 aliphatic carbocycles. The molecule has 0 heterocycles. The van der Waals surface area contributed by atoms with E-state index >= 15 is 0 Å². The molecule has 1 amide bonds. The quantitative estimate of drug-likeness (QED) is 0.262. The molecule has 1 N–H and O–H groups in total. The minimum Gasteiger partial charge on any atom is -0.493 e. The zero-order valence-electron chi connectivity index (χ0n) is 17.8. The van der Waals surface area contributed by atoms with E-state index in [2.05, 4.69) is 5.32 Å². The number of nitrogens with one attached hydrogen (secondary N) is 1. The Morgan fingerprint density at radius 3 is 2.41 bits per heavy atom. The summed E-state index contributed by atoms with van der Waals surface area (Å²) < 4.78 is 63.9. The average molecular weight is 470 g/mol. The maximum Gasteiger partial charge on any atom is 0.418 e. The van der Waals surface area contributed by atoms with Crippen LogP contribution in [-0.4, -0.2) is 13.0 Å². The largest absolute Gasteiger partial charge is 0.493 e. The van der Waals surface area contributed by atoms with Gasteiger partial charge in [-0.2, -0.15) is 18.4 Å². The first-order chi connectivity index (χ1) is 16.2. The number of hydrogen-bond acceptors (Lipinski definition) is 4. The van der Waals surface area contributed by atoms with Gasteiger partial charge in [0.25, 0.3) is 5.91 Å². The van der Waals surface area contributed by atoms with E-state index in [9.17, 15) is 27.6 Å². The SMILES string of the molecule is COc1cccc(/C=C(\C#N)C(=O)Nc2ccccc2C(F)(F)F)c1OCc1ccc(F)cc1. The number of amides is 1. The molecule has 34 heavy (non-hydrogen) atoms. The maximum atomic E-state index is 13.2. The van der Waals surface area contributed by atoms with Crippen molar-refractivity contribution < 1.29 is 31.8 Å². The van der Waals surface area contributed by atoms with Gasteiger partial charge in [-0.05, 0) is 42.0 Å². The van der Waals surface area contributed by atoms with Gasteiger partial charge in [-0.3, -0.25) is 4.79 Å². The topological polar surface area (TPSA) is 71.3 Å². The summed E-state index contributed by atoms with van der Waals surface area (Å²) in [5.74, 6) is -0.922. The van der Waals surface area contributed by atoms with Crippen LogP contribution in [0, 0.1) is 17.1 Å². The minimum absolute atomic E-state index is 0.0362. The zero-order chi connectivity index (χ0) is 24.7. The molecule has 0 spiro atoms. The van der Waals surface area contributed by atoms with Crippen LogP contribution < -0.4 is 14.8 Å². The van der Waals surface area contributed by atoms with Gasteiger partial charge < -0.3 is 14.8 Å². The Balaban J connectivity index is 1.90. The summed E-state index contributed by atoms with van der Waals surface area (Å²) in [6, 6.07) is 16.5. The summed E-state index contributed by atoms with van der Waals surface area (Å²) in [7, 11) is 1.40. The summed E-state index contributed by atoms with van der Waals surface area (Å²) >= 11 is 0. The minimum atomic E-state index is -4.69. The van der Waals surface area contributed by atoms with Gasteiger partial charge in [-0.1, -0.05) is 36.4 Å². The fourth-order valence-corrected chi connectivity index (χ4v) is 3.03. The van der Waals surface area contributed by atoms with Crippen molar-refractivity contribution in [3.05, 3.63) is 94.8 Å². The molecule has 0 saturated heterocycles. The van der Waals surface area contributed by atoms with Crippen molar-refractivity contribution in [2.45, 2.75) is 12.8 Å². The number of benzene rings is 3. The van der Waals surface area contributed by atoms with Gasteiger partial charge in [0.2, 0.25) is 0 Å². The van der Waals surface area contributed by atoms with E-state index < -0.39 is 34.7 Å². The van der Waals surface area contributed by atoms with Crippen LogP contribution in [0.25, 0.3) is 6.08 Å². The van der Waals surface area contributed by atoms with Gasteiger partial charge in [0.1, 0.15) is 24.1 Å². The Hall–Kier alpha value is -4.32. The molecule has 0 radical (unpaired) electrons. The van der Waals surface area contributed by atoms with Crippen molar-refractivity contribution in [3.63, 3.8) is 0 Å². The molecular formula is C25H18F4N2O3. The van der Waals surface area contributed by atoms with Crippen LogP contribution in [0.2, 0.25) is 0 Å². The average Bonchev–Trinajstić information content (AvgIpc) is 2.82. The summed E-state index contributed by atoms with van der Waals surface area (Å²) in [6.45, 7) is 0.0362. The number of para-hydroxylation sites is 2. The maximum absolute atomic E-state index is 13.2. The molecule has 3 aromatic rings. The van der Waals surface area contributed by atoms with Crippen molar-refractivity contribution in [1.82, 2.24) is 0 Å². The predicted octanol–water partition coefficient (Wildman–Crippen LogP) is 5.98. The van der Waals surface area contributed by atoms with Gasteiger partial charge >= 0.3 is 6.18 Å². The number of ether oxygens (including phenoxy) is 2. The van der Waals surface area contributed by atoms with Crippen LogP contribution in [0.4, 0.5) is 23.2 Å². The number of alkyl halides is 3. The lowest BCUT2D eigenvalue weighted by Crippen LogP contribution is -2.17. The van der Waals surface area contributed by atoms with Crippen molar-refractivity contribution in [1.29, 1.82) is 5.26 Å². The highest BCUT2D eigenvalue weighted by molar-refractivity contribution is 6.10. The number of carbonyl (C=O) groups excluding carboxylic acids is 1. The monoisotopic (exact) mass is 470 g/mol. The lowest BCUT2D eigenvalue weighted by atomic mass is 10.1. The van der Waals surface area contributed by atoms with Crippen LogP contribution in [-0.2, 0) is 17.6 Å². The van der Waals surface area contributed by atoms with E-state index in [1.165, 1.54) is 49.6 Å².